The summed E-state index contributed by atoms with van der Waals surface area (Å²) in [6.07, 6.45) is 1.76. The molecule has 3 nitrogen and oxygen atoms in total. The number of nitrogens with zero attached hydrogens (tertiary/aromatic N) is 1. The molecule has 1 aromatic carbocycles. The van der Waals surface area contributed by atoms with Crippen LogP contribution in [-0.2, 0) is 10.8 Å². The van der Waals surface area contributed by atoms with Crippen molar-refractivity contribution < 1.29 is 5.11 Å². The lowest BCUT2D eigenvalue weighted by Gasteiger charge is -2.28. The van der Waals surface area contributed by atoms with Crippen LogP contribution in [0.5, 0.6) is 5.75 Å². The number of anilines is 2. The highest BCUT2D eigenvalue weighted by atomic mass is 16.3. The lowest BCUT2D eigenvalue weighted by atomic mass is 9.79. The Bertz CT molecular complexity index is 614. The van der Waals surface area contributed by atoms with Crippen molar-refractivity contribution in [2.75, 3.05) is 5.32 Å². The van der Waals surface area contributed by atoms with Crippen molar-refractivity contribution >= 4 is 11.5 Å². The Morgan fingerprint density at radius 3 is 1.86 bits per heavy atom. The Morgan fingerprint density at radius 1 is 0.909 bits per heavy atom. The van der Waals surface area contributed by atoms with Crippen LogP contribution in [0.3, 0.4) is 0 Å². The van der Waals surface area contributed by atoms with Gasteiger partial charge in [-0.05, 0) is 35.1 Å². The molecule has 0 aliphatic heterocycles. The average Bonchev–Trinajstić information content (AvgIpc) is 2.39. The largest absolute Gasteiger partial charge is 0.507 e. The zero-order valence-corrected chi connectivity index (χ0v) is 14.4. The van der Waals surface area contributed by atoms with Crippen LogP contribution in [0.25, 0.3) is 0 Å². The predicted molar refractivity (Wildman–Crippen MR) is 93.0 cm³/mol. The monoisotopic (exact) mass is 298 g/mol. The zero-order chi connectivity index (χ0) is 16.5. The minimum absolute atomic E-state index is 0.133. The number of phenolic OH excluding ortho intramolecular Hbond substituents is 1. The van der Waals surface area contributed by atoms with E-state index in [-0.39, 0.29) is 10.8 Å². The van der Waals surface area contributed by atoms with Gasteiger partial charge in [0.05, 0.1) is 0 Å². The third-order valence-corrected chi connectivity index (χ3v) is 3.66. The third-order valence-electron chi connectivity index (χ3n) is 3.66. The first kappa shape index (κ1) is 16.3. The van der Waals surface area contributed by atoms with Gasteiger partial charge >= 0.3 is 0 Å². The van der Waals surface area contributed by atoms with E-state index in [4.69, 9.17) is 0 Å². The van der Waals surface area contributed by atoms with Gasteiger partial charge in [0.2, 0.25) is 0 Å². The minimum atomic E-state index is -0.133. The molecule has 118 valence electrons. The maximum Gasteiger partial charge on any atom is 0.130 e. The van der Waals surface area contributed by atoms with E-state index in [1.165, 1.54) is 0 Å². The summed E-state index contributed by atoms with van der Waals surface area (Å²) < 4.78 is 0. The van der Waals surface area contributed by atoms with Crippen molar-refractivity contribution in [3.63, 3.8) is 0 Å². The number of hydrogen-bond acceptors (Lipinski definition) is 3. The Labute approximate surface area is 133 Å². The summed E-state index contributed by atoms with van der Waals surface area (Å²) in [5, 5.41) is 14.0. The Kier molecular flexibility index (Phi) is 4.19. The Hall–Kier alpha value is -2.03. The maximum atomic E-state index is 10.7. The molecule has 0 aliphatic rings. The van der Waals surface area contributed by atoms with E-state index < -0.39 is 0 Å². The van der Waals surface area contributed by atoms with Crippen molar-refractivity contribution in [1.82, 2.24) is 4.98 Å². The van der Waals surface area contributed by atoms with Crippen LogP contribution in [0, 0.1) is 0 Å². The number of hydrogen-bond donors (Lipinski definition) is 2. The van der Waals surface area contributed by atoms with Gasteiger partial charge in [0, 0.05) is 23.0 Å². The average molecular weight is 298 g/mol. The molecule has 0 radical (unpaired) electrons. The van der Waals surface area contributed by atoms with E-state index in [0.29, 0.717) is 5.75 Å². The molecule has 1 aromatic heterocycles. The second kappa shape index (κ2) is 5.64. The first-order valence-electron chi connectivity index (χ1n) is 7.65. The number of pyridine rings is 1. The summed E-state index contributed by atoms with van der Waals surface area (Å²) in [5.74, 6) is 1.19. The summed E-state index contributed by atoms with van der Waals surface area (Å²) >= 11 is 0. The molecule has 2 aromatic rings. The van der Waals surface area contributed by atoms with Gasteiger partial charge in [0.15, 0.2) is 0 Å². The van der Waals surface area contributed by atoms with Crippen LogP contribution in [0.1, 0.15) is 52.7 Å². The second-order valence-corrected chi connectivity index (χ2v) is 7.76. The quantitative estimate of drug-likeness (QED) is 0.756. The van der Waals surface area contributed by atoms with Gasteiger partial charge in [-0.25, -0.2) is 4.98 Å². The number of nitrogens with one attached hydrogen (secondary N) is 1. The van der Waals surface area contributed by atoms with Crippen LogP contribution >= 0.6 is 0 Å². The third kappa shape index (κ3) is 3.59. The van der Waals surface area contributed by atoms with Gasteiger partial charge in [-0.1, -0.05) is 47.6 Å². The number of rotatable bonds is 2. The normalized spacial score (nSPS) is 12.3. The first-order valence-corrected chi connectivity index (χ1v) is 7.65. The van der Waals surface area contributed by atoms with Crippen molar-refractivity contribution in [3.8, 4) is 5.75 Å². The molecule has 0 saturated heterocycles. The molecule has 0 spiro atoms. The fourth-order valence-electron chi connectivity index (χ4n) is 2.43. The van der Waals surface area contributed by atoms with Crippen molar-refractivity contribution in [1.29, 1.82) is 0 Å². The van der Waals surface area contributed by atoms with Crippen molar-refractivity contribution in [2.45, 2.75) is 52.4 Å². The van der Waals surface area contributed by atoms with Crippen LogP contribution in [0.4, 0.5) is 11.5 Å². The van der Waals surface area contributed by atoms with Gasteiger partial charge < -0.3 is 10.4 Å². The van der Waals surface area contributed by atoms with E-state index in [1.54, 1.807) is 6.20 Å². The molecular weight excluding hydrogens is 272 g/mol. The van der Waals surface area contributed by atoms with E-state index in [9.17, 15) is 5.11 Å². The first-order chi connectivity index (χ1) is 10.1. The van der Waals surface area contributed by atoms with E-state index >= 15 is 0 Å². The molecule has 0 aliphatic carbocycles. The molecule has 0 amide bonds. The molecule has 0 saturated carbocycles. The number of benzene rings is 1. The van der Waals surface area contributed by atoms with Gasteiger partial charge in [-0.15, -0.1) is 0 Å². The number of aromatic nitrogens is 1. The summed E-state index contributed by atoms with van der Waals surface area (Å²) in [5.41, 5.74) is 2.57. The maximum absolute atomic E-state index is 10.7. The van der Waals surface area contributed by atoms with Crippen LogP contribution < -0.4 is 5.32 Å². The smallest absolute Gasteiger partial charge is 0.130 e. The van der Waals surface area contributed by atoms with Crippen LogP contribution in [0.2, 0.25) is 0 Å². The fraction of sp³-hybridized carbons (Fsp3) is 0.421. The van der Waals surface area contributed by atoms with E-state index in [0.717, 1.165) is 22.6 Å². The van der Waals surface area contributed by atoms with Gasteiger partial charge in [0.1, 0.15) is 11.6 Å². The van der Waals surface area contributed by atoms with E-state index in [2.05, 4.69) is 51.8 Å². The SMILES string of the molecule is CC(C)(C)c1cc(Nc2ccccn2)cc(C(C)(C)C)c1O. The molecule has 2 N–H and O–H groups in total. The van der Waals surface area contributed by atoms with Gasteiger partial charge in [-0.3, -0.25) is 0 Å². The van der Waals surface area contributed by atoms with E-state index in [1.807, 2.05) is 30.3 Å². The molecule has 0 bridgehead atoms. The summed E-state index contributed by atoms with van der Waals surface area (Å²) in [6.45, 7) is 12.7. The summed E-state index contributed by atoms with van der Waals surface area (Å²) in [4.78, 5) is 4.31. The molecule has 3 heteroatoms. The second-order valence-electron chi connectivity index (χ2n) is 7.76. The molecular formula is C19H26N2O. The molecule has 0 atom stereocenters. The summed E-state index contributed by atoms with van der Waals surface area (Å²) in [7, 11) is 0. The summed E-state index contributed by atoms with van der Waals surface area (Å²) in [6, 6.07) is 9.80. The highest BCUT2D eigenvalue weighted by molar-refractivity contribution is 5.63. The number of phenols is 1. The highest BCUT2D eigenvalue weighted by Gasteiger charge is 2.26. The van der Waals surface area contributed by atoms with Crippen molar-refractivity contribution in [3.05, 3.63) is 47.7 Å². The zero-order valence-electron chi connectivity index (χ0n) is 14.4. The predicted octanol–water partition coefficient (Wildman–Crippen LogP) is 5.13. The molecule has 22 heavy (non-hydrogen) atoms. The highest BCUT2D eigenvalue weighted by Crippen LogP contribution is 2.41. The standard InChI is InChI=1S/C19H26N2O/c1-18(2,3)14-11-13(21-16-9-7-8-10-20-16)12-15(17(14)22)19(4,5)6/h7-12,22H,1-6H3,(H,20,21). The van der Waals surface area contributed by atoms with Crippen LogP contribution in [0.15, 0.2) is 36.5 Å². The lowest BCUT2D eigenvalue weighted by Crippen LogP contribution is -2.17. The fourth-order valence-corrected chi connectivity index (χ4v) is 2.43. The molecule has 0 fully saturated rings. The van der Waals surface area contributed by atoms with Gasteiger partial charge in [-0.2, -0.15) is 0 Å². The van der Waals surface area contributed by atoms with Crippen molar-refractivity contribution in [2.24, 2.45) is 0 Å². The topological polar surface area (TPSA) is 45.2 Å². The Balaban J connectivity index is 2.56. The van der Waals surface area contributed by atoms with Crippen LogP contribution in [-0.4, -0.2) is 10.1 Å². The molecule has 2 rings (SSSR count). The molecule has 1 heterocycles. The molecule has 0 unspecified atom stereocenters. The number of aromatic hydroxyl groups is 1. The lowest BCUT2D eigenvalue weighted by molar-refractivity contribution is 0.423. The minimum Gasteiger partial charge on any atom is -0.507 e. The Morgan fingerprint density at radius 2 is 1.45 bits per heavy atom. The van der Waals surface area contributed by atoms with Gasteiger partial charge in [0.25, 0.3) is 0 Å².